The molecular weight excluding hydrogens is 481 g/mol. The lowest BCUT2D eigenvalue weighted by atomic mass is 10.2. The van der Waals surface area contributed by atoms with Crippen molar-refractivity contribution in [3.8, 4) is 0 Å². The van der Waals surface area contributed by atoms with E-state index in [4.69, 9.17) is 11.6 Å². The normalized spacial score (nSPS) is 12.0. The molecule has 0 unspecified atom stereocenters. The van der Waals surface area contributed by atoms with Gasteiger partial charge >= 0.3 is 6.18 Å². The molecule has 1 heterocycles. The summed E-state index contributed by atoms with van der Waals surface area (Å²) in [6.45, 7) is -0.838. The van der Waals surface area contributed by atoms with E-state index >= 15 is 0 Å². The van der Waals surface area contributed by atoms with Crippen molar-refractivity contribution in [3.63, 3.8) is 0 Å². The van der Waals surface area contributed by atoms with Gasteiger partial charge in [0, 0.05) is 6.20 Å². The summed E-state index contributed by atoms with van der Waals surface area (Å²) in [6, 6.07) is 14.6. The SMILES string of the molecule is O=C(CN(c1ccc(Cl)c(C(F)(F)F)c1)S(=O)(=O)c1ccccc1)N/N=C/c1ccccn1. The van der Waals surface area contributed by atoms with Gasteiger partial charge in [-0.05, 0) is 42.5 Å². The average molecular weight is 497 g/mol. The number of carbonyl (C=O) groups is 1. The van der Waals surface area contributed by atoms with Crippen LogP contribution in [0.25, 0.3) is 0 Å². The van der Waals surface area contributed by atoms with E-state index in [1.165, 1.54) is 36.7 Å². The molecule has 0 saturated heterocycles. The predicted molar refractivity (Wildman–Crippen MR) is 117 cm³/mol. The third-order valence-corrected chi connectivity index (χ3v) is 6.35. The molecule has 33 heavy (non-hydrogen) atoms. The Kier molecular flexibility index (Phi) is 7.34. The Morgan fingerprint density at radius 1 is 1.09 bits per heavy atom. The fraction of sp³-hybridized carbons (Fsp3) is 0.0952. The van der Waals surface area contributed by atoms with Gasteiger partial charge < -0.3 is 0 Å². The monoisotopic (exact) mass is 496 g/mol. The second-order valence-electron chi connectivity index (χ2n) is 6.53. The number of carbonyl (C=O) groups excluding carboxylic acids is 1. The van der Waals surface area contributed by atoms with Gasteiger partial charge in [-0.15, -0.1) is 0 Å². The van der Waals surface area contributed by atoms with E-state index < -0.39 is 39.2 Å². The molecule has 0 bridgehead atoms. The fourth-order valence-corrected chi connectivity index (χ4v) is 4.37. The Bertz CT molecular complexity index is 1250. The molecule has 1 N–H and O–H groups in total. The van der Waals surface area contributed by atoms with Crippen LogP contribution in [0, 0.1) is 0 Å². The smallest absolute Gasteiger partial charge is 0.271 e. The molecule has 0 saturated carbocycles. The first-order valence-corrected chi connectivity index (χ1v) is 11.1. The molecule has 1 aromatic heterocycles. The number of hydrogen-bond donors (Lipinski definition) is 1. The van der Waals surface area contributed by atoms with Gasteiger partial charge in [-0.3, -0.25) is 14.1 Å². The lowest BCUT2D eigenvalue weighted by Crippen LogP contribution is -2.39. The number of hydrogen-bond acceptors (Lipinski definition) is 5. The van der Waals surface area contributed by atoms with E-state index in [-0.39, 0.29) is 10.6 Å². The van der Waals surface area contributed by atoms with Crippen molar-refractivity contribution in [2.24, 2.45) is 5.10 Å². The van der Waals surface area contributed by atoms with E-state index in [9.17, 15) is 26.4 Å². The highest BCUT2D eigenvalue weighted by Gasteiger charge is 2.35. The van der Waals surface area contributed by atoms with Crippen LogP contribution in [0.4, 0.5) is 18.9 Å². The molecule has 2 aromatic carbocycles. The van der Waals surface area contributed by atoms with Gasteiger partial charge in [-0.2, -0.15) is 18.3 Å². The molecule has 0 aliphatic rings. The summed E-state index contributed by atoms with van der Waals surface area (Å²) in [6.07, 6.45) is -2.08. The molecule has 0 radical (unpaired) electrons. The van der Waals surface area contributed by atoms with Crippen molar-refractivity contribution < 1.29 is 26.4 Å². The zero-order valence-electron chi connectivity index (χ0n) is 16.7. The largest absolute Gasteiger partial charge is 0.417 e. The Labute approximate surface area is 192 Å². The summed E-state index contributed by atoms with van der Waals surface area (Å²) >= 11 is 5.66. The van der Waals surface area contributed by atoms with Crippen LogP contribution in [0.1, 0.15) is 11.3 Å². The first-order valence-electron chi connectivity index (χ1n) is 9.26. The lowest BCUT2D eigenvalue weighted by Gasteiger charge is -2.24. The highest BCUT2D eigenvalue weighted by molar-refractivity contribution is 7.92. The zero-order valence-corrected chi connectivity index (χ0v) is 18.3. The fourth-order valence-electron chi connectivity index (χ4n) is 2.71. The van der Waals surface area contributed by atoms with Crippen LogP contribution in [-0.2, 0) is 21.0 Å². The van der Waals surface area contributed by atoms with Crippen LogP contribution in [0.2, 0.25) is 5.02 Å². The molecule has 3 aromatic rings. The van der Waals surface area contributed by atoms with Gasteiger partial charge in [-0.1, -0.05) is 35.9 Å². The van der Waals surface area contributed by atoms with Crippen LogP contribution >= 0.6 is 11.6 Å². The van der Waals surface area contributed by atoms with Crippen molar-refractivity contribution in [1.82, 2.24) is 10.4 Å². The van der Waals surface area contributed by atoms with Gasteiger partial charge in [0.2, 0.25) is 0 Å². The van der Waals surface area contributed by atoms with Crippen molar-refractivity contribution >= 4 is 39.4 Å². The number of nitrogens with one attached hydrogen (secondary N) is 1. The van der Waals surface area contributed by atoms with E-state index in [0.29, 0.717) is 16.1 Å². The molecule has 0 aliphatic heterocycles. The number of anilines is 1. The summed E-state index contributed by atoms with van der Waals surface area (Å²) in [5.74, 6) is -0.884. The maximum Gasteiger partial charge on any atom is 0.417 e. The van der Waals surface area contributed by atoms with Crippen molar-refractivity contribution in [2.75, 3.05) is 10.8 Å². The highest BCUT2D eigenvalue weighted by Crippen LogP contribution is 2.37. The van der Waals surface area contributed by atoms with Gasteiger partial charge in [0.1, 0.15) is 6.54 Å². The summed E-state index contributed by atoms with van der Waals surface area (Å²) in [7, 11) is -4.40. The maximum absolute atomic E-state index is 13.3. The van der Waals surface area contributed by atoms with Gasteiger partial charge in [-0.25, -0.2) is 13.8 Å². The minimum absolute atomic E-state index is 0.210. The number of aromatic nitrogens is 1. The van der Waals surface area contributed by atoms with Crippen molar-refractivity contribution in [1.29, 1.82) is 0 Å². The van der Waals surface area contributed by atoms with E-state index in [2.05, 4.69) is 15.5 Å². The van der Waals surface area contributed by atoms with Crippen LogP contribution in [-0.4, -0.2) is 32.1 Å². The van der Waals surface area contributed by atoms with Crippen LogP contribution < -0.4 is 9.73 Å². The van der Waals surface area contributed by atoms with Gasteiger partial charge in [0.25, 0.3) is 15.9 Å². The Morgan fingerprint density at radius 2 is 1.79 bits per heavy atom. The number of alkyl halides is 3. The number of nitrogens with zero attached hydrogens (tertiary/aromatic N) is 3. The molecular formula is C21H16ClF3N4O3S. The number of halogens is 4. The summed E-state index contributed by atoms with van der Waals surface area (Å²) in [5, 5.41) is 3.10. The summed E-state index contributed by atoms with van der Waals surface area (Å²) in [5.41, 5.74) is 0.955. The number of benzene rings is 2. The maximum atomic E-state index is 13.3. The molecule has 3 rings (SSSR count). The van der Waals surface area contributed by atoms with Gasteiger partial charge in [0.15, 0.2) is 0 Å². The molecule has 1 amide bonds. The quantitative estimate of drug-likeness (QED) is 0.394. The molecule has 172 valence electrons. The number of hydrazone groups is 1. The van der Waals surface area contributed by atoms with E-state index in [1.54, 1.807) is 24.3 Å². The first-order chi connectivity index (χ1) is 15.6. The molecule has 0 fully saturated rings. The van der Waals surface area contributed by atoms with E-state index in [1.807, 2.05) is 0 Å². The predicted octanol–water partition coefficient (Wildman–Crippen LogP) is 4.10. The molecule has 0 atom stereocenters. The number of amides is 1. The average Bonchev–Trinajstić information content (AvgIpc) is 2.78. The Balaban J connectivity index is 1.95. The van der Waals surface area contributed by atoms with Crippen LogP contribution in [0.15, 0.2) is 82.9 Å². The van der Waals surface area contributed by atoms with Crippen molar-refractivity contribution in [2.45, 2.75) is 11.1 Å². The minimum Gasteiger partial charge on any atom is -0.271 e. The summed E-state index contributed by atoms with van der Waals surface area (Å²) < 4.78 is 67.0. The molecule has 12 heteroatoms. The van der Waals surface area contributed by atoms with E-state index in [0.717, 1.165) is 12.1 Å². The molecule has 0 spiro atoms. The second-order valence-corrected chi connectivity index (χ2v) is 8.80. The Morgan fingerprint density at radius 3 is 2.42 bits per heavy atom. The number of rotatable bonds is 7. The molecule has 0 aliphatic carbocycles. The summed E-state index contributed by atoms with van der Waals surface area (Å²) in [4.78, 5) is 16.2. The first kappa shape index (κ1) is 24.2. The topological polar surface area (TPSA) is 91.7 Å². The highest BCUT2D eigenvalue weighted by atomic mass is 35.5. The third-order valence-electron chi connectivity index (χ3n) is 4.24. The molecule has 7 nitrogen and oxygen atoms in total. The minimum atomic E-state index is -4.83. The van der Waals surface area contributed by atoms with Crippen LogP contribution in [0.5, 0.6) is 0 Å². The Hall–Kier alpha value is -3.44. The number of sulfonamides is 1. The van der Waals surface area contributed by atoms with Gasteiger partial charge in [0.05, 0.1) is 33.1 Å². The second kappa shape index (κ2) is 10.0. The third kappa shape index (κ3) is 6.08. The lowest BCUT2D eigenvalue weighted by molar-refractivity contribution is -0.137. The number of pyridine rings is 1. The standard InChI is InChI=1S/C21H16ClF3N4O3S/c22-19-10-9-16(12-18(19)21(23,24)25)29(33(31,32)17-7-2-1-3-8-17)14-20(30)28-27-13-15-6-4-5-11-26-15/h1-13H,14H2,(H,28,30)/b27-13+. The zero-order chi connectivity index (χ0) is 24.1. The van der Waals surface area contributed by atoms with Crippen LogP contribution in [0.3, 0.4) is 0 Å². The van der Waals surface area contributed by atoms with Crippen molar-refractivity contribution in [3.05, 3.63) is 89.2 Å².